The molecule has 2 aromatic rings. The molecule has 0 aliphatic heterocycles. The largest absolute Gasteiger partial charge is 0.573 e. The van der Waals surface area contributed by atoms with Gasteiger partial charge in [-0.05, 0) is 55.8 Å². The summed E-state index contributed by atoms with van der Waals surface area (Å²) in [5, 5.41) is 9.24. The summed E-state index contributed by atoms with van der Waals surface area (Å²) in [6.07, 6.45) is -5.68. The van der Waals surface area contributed by atoms with Crippen molar-refractivity contribution in [3.05, 3.63) is 48.0 Å². The quantitative estimate of drug-likeness (QED) is 0.534. The van der Waals surface area contributed by atoms with Gasteiger partial charge in [0.1, 0.15) is 5.75 Å². The van der Waals surface area contributed by atoms with Crippen LogP contribution in [0.1, 0.15) is 31.9 Å². The molecule has 0 aliphatic rings. The summed E-state index contributed by atoms with van der Waals surface area (Å²) >= 11 is 0. The van der Waals surface area contributed by atoms with Crippen molar-refractivity contribution in [1.29, 1.82) is 0 Å². The molecule has 0 aliphatic carbocycles. The Morgan fingerprint density at radius 1 is 1.09 bits per heavy atom. The van der Waals surface area contributed by atoms with Crippen LogP contribution in [0.2, 0.25) is 0 Å². The Kier molecular flexibility index (Phi) is 7.97. The van der Waals surface area contributed by atoms with Crippen LogP contribution in [0.15, 0.2) is 47.4 Å². The van der Waals surface area contributed by atoms with Crippen LogP contribution >= 0.6 is 0 Å². The highest BCUT2D eigenvalue weighted by Gasteiger charge is 2.31. The number of alkyl halides is 3. The first-order valence-corrected chi connectivity index (χ1v) is 10.7. The van der Waals surface area contributed by atoms with E-state index in [1.807, 2.05) is 0 Å². The van der Waals surface area contributed by atoms with Crippen LogP contribution < -0.4 is 18.9 Å². The third-order valence-corrected chi connectivity index (χ3v) is 5.48. The van der Waals surface area contributed by atoms with Crippen LogP contribution in [0.3, 0.4) is 0 Å². The maximum Gasteiger partial charge on any atom is 0.573 e. The van der Waals surface area contributed by atoms with Crippen molar-refractivity contribution < 1.29 is 45.7 Å². The zero-order chi connectivity index (χ0) is 24.1. The molecule has 0 saturated heterocycles. The van der Waals surface area contributed by atoms with Crippen molar-refractivity contribution >= 4 is 16.0 Å². The topological polar surface area (TPSA) is 111 Å². The molecule has 1 atom stereocenters. The average Bonchev–Trinajstić information content (AvgIpc) is 2.66. The molecule has 2 aromatic carbocycles. The summed E-state index contributed by atoms with van der Waals surface area (Å²) in [6.45, 7) is 3.61. The smallest absolute Gasteiger partial charge is 0.493 e. The number of carboxylic acids is 1. The van der Waals surface area contributed by atoms with Gasteiger partial charge in [0.25, 0.3) is 0 Å². The van der Waals surface area contributed by atoms with Crippen molar-refractivity contribution in [3.8, 4) is 17.2 Å². The molecular formula is C20H22F3NO7S. The molecule has 8 nitrogen and oxygen atoms in total. The van der Waals surface area contributed by atoms with E-state index >= 15 is 0 Å². The summed E-state index contributed by atoms with van der Waals surface area (Å²) in [4.78, 5) is 11.0. The molecule has 0 aromatic heterocycles. The zero-order valence-corrected chi connectivity index (χ0v) is 18.2. The number of hydrogen-bond acceptors (Lipinski definition) is 6. The first-order chi connectivity index (χ1) is 14.8. The highest BCUT2D eigenvalue weighted by atomic mass is 32.2. The van der Waals surface area contributed by atoms with Gasteiger partial charge >= 0.3 is 12.3 Å². The Morgan fingerprint density at radius 2 is 1.72 bits per heavy atom. The summed E-state index contributed by atoms with van der Waals surface area (Å²) in [5.74, 6) is -1.19. The van der Waals surface area contributed by atoms with Gasteiger partial charge in [-0.1, -0.05) is 6.07 Å². The molecule has 0 spiro atoms. The molecule has 0 saturated carbocycles. The van der Waals surface area contributed by atoms with E-state index in [9.17, 15) is 31.5 Å². The third-order valence-electron chi connectivity index (χ3n) is 4.00. The average molecular weight is 477 g/mol. The molecular weight excluding hydrogens is 455 g/mol. The van der Waals surface area contributed by atoms with Gasteiger partial charge < -0.3 is 19.3 Å². The van der Waals surface area contributed by atoms with Gasteiger partial charge in [0.05, 0.1) is 30.6 Å². The molecule has 0 fully saturated rings. The van der Waals surface area contributed by atoms with Gasteiger partial charge in [-0.15, -0.1) is 13.2 Å². The Hall–Kier alpha value is -2.99. The van der Waals surface area contributed by atoms with E-state index in [0.717, 1.165) is 24.3 Å². The van der Waals surface area contributed by atoms with Crippen LogP contribution in [0.25, 0.3) is 0 Å². The van der Waals surface area contributed by atoms with E-state index in [1.54, 1.807) is 13.8 Å². The number of methoxy groups -OCH3 is 1. The molecule has 2 N–H and O–H groups in total. The Labute approximate surface area is 183 Å². The Balaban J connectivity index is 2.33. The van der Waals surface area contributed by atoms with E-state index in [0.29, 0.717) is 11.3 Å². The van der Waals surface area contributed by atoms with Crippen LogP contribution in [0, 0.1) is 0 Å². The maximum absolute atomic E-state index is 12.7. The van der Waals surface area contributed by atoms with E-state index < -0.39 is 40.6 Å². The number of sulfonamides is 1. The lowest BCUT2D eigenvalue weighted by Crippen LogP contribution is -2.30. The second-order valence-corrected chi connectivity index (χ2v) is 8.58. The lowest BCUT2D eigenvalue weighted by atomic mass is 10.0. The van der Waals surface area contributed by atoms with Crippen molar-refractivity contribution in [2.45, 2.75) is 43.7 Å². The molecule has 176 valence electrons. The van der Waals surface area contributed by atoms with Crippen LogP contribution in [-0.4, -0.2) is 39.1 Å². The Bertz CT molecular complexity index is 1040. The molecule has 32 heavy (non-hydrogen) atoms. The second-order valence-electron chi connectivity index (χ2n) is 6.87. The van der Waals surface area contributed by atoms with Gasteiger partial charge in [0.15, 0.2) is 11.5 Å². The number of aliphatic carboxylic acids is 1. The highest BCUT2D eigenvalue weighted by Crippen LogP contribution is 2.33. The number of nitrogens with one attached hydrogen (secondary N) is 1. The lowest BCUT2D eigenvalue weighted by Gasteiger charge is -2.20. The van der Waals surface area contributed by atoms with Crippen molar-refractivity contribution in [2.24, 2.45) is 0 Å². The van der Waals surface area contributed by atoms with Crippen molar-refractivity contribution in [3.63, 3.8) is 0 Å². The Morgan fingerprint density at radius 3 is 2.22 bits per heavy atom. The minimum Gasteiger partial charge on any atom is -0.493 e. The van der Waals surface area contributed by atoms with Gasteiger partial charge in [0, 0.05) is 0 Å². The minimum atomic E-state index is -4.92. The number of halogens is 3. The van der Waals surface area contributed by atoms with Gasteiger partial charge in [-0.2, -0.15) is 0 Å². The monoisotopic (exact) mass is 477 g/mol. The predicted molar refractivity (Wildman–Crippen MR) is 107 cm³/mol. The van der Waals surface area contributed by atoms with E-state index in [1.165, 1.54) is 25.3 Å². The number of carbonyl (C=O) groups is 1. The zero-order valence-electron chi connectivity index (χ0n) is 17.3. The van der Waals surface area contributed by atoms with E-state index in [4.69, 9.17) is 9.47 Å². The maximum atomic E-state index is 12.7. The van der Waals surface area contributed by atoms with Gasteiger partial charge in [-0.3, -0.25) is 4.79 Å². The first kappa shape index (κ1) is 25.3. The van der Waals surface area contributed by atoms with Gasteiger partial charge in [0.2, 0.25) is 10.0 Å². The summed E-state index contributed by atoms with van der Waals surface area (Å²) < 4.78 is 79.2. The summed E-state index contributed by atoms with van der Waals surface area (Å²) in [5.41, 5.74) is 0.293. The third kappa shape index (κ3) is 7.31. The van der Waals surface area contributed by atoms with Crippen molar-refractivity contribution in [1.82, 2.24) is 4.72 Å². The molecule has 0 heterocycles. The number of benzene rings is 2. The molecule has 12 heteroatoms. The van der Waals surface area contributed by atoms with E-state index in [2.05, 4.69) is 9.46 Å². The molecule has 0 bridgehead atoms. The molecule has 0 amide bonds. The number of rotatable bonds is 10. The van der Waals surface area contributed by atoms with Gasteiger partial charge in [-0.25, -0.2) is 13.1 Å². The number of hydrogen-bond donors (Lipinski definition) is 2. The lowest BCUT2D eigenvalue weighted by molar-refractivity contribution is -0.274. The summed E-state index contributed by atoms with van der Waals surface area (Å²) in [7, 11) is -2.90. The first-order valence-electron chi connectivity index (χ1n) is 9.25. The van der Waals surface area contributed by atoms with E-state index in [-0.39, 0.29) is 16.7 Å². The molecule has 0 radical (unpaired) electrons. The molecule has 2 rings (SSSR count). The van der Waals surface area contributed by atoms with Crippen LogP contribution in [-0.2, 0) is 14.8 Å². The standard InChI is InChI=1S/C20H22F3NO7S/c1-12(2)30-17-9-4-13(10-18(17)29-3)16(11-19(25)26)24-32(27,28)15-7-5-14(6-8-15)31-20(21,22)23/h4-10,12,16,24H,11H2,1-3H3,(H,25,26). The van der Waals surface area contributed by atoms with Crippen LogP contribution in [0.4, 0.5) is 13.2 Å². The highest BCUT2D eigenvalue weighted by molar-refractivity contribution is 7.89. The number of ether oxygens (including phenoxy) is 3. The minimum absolute atomic E-state index is 0.160. The van der Waals surface area contributed by atoms with Crippen molar-refractivity contribution in [2.75, 3.05) is 7.11 Å². The predicted octanol–water partition coefficient (Wildman–Crippen LogP) is 3.88. The number of carboxylic acid groups (broad SMARTS) is 1. The molecule has 1 unspecified atom stereocenters. The SMILES string of the molecule is COc1cc(C(CC(=O)O)NS(=O)(=O)c2ccc(OC(F)(F)F)cc2)ccc1OC(C)C. The fraction of sp³-hybridized carbons (Fsp3) is 0.350. The van der Waals surface area contributed by atoms with Crippen LogP contribution in [0.5, 0.6) is 17.2 Å². The normalized spacial score (nSPS) is 13.0. The fourth-order valence-electron chi connectivity index (χ4n) is 2.73. The fourth-order valence-corrected chi connectivity index (χ4v) is 3.95. The summed E-state index contributed by atoms with van der Waals surface area (Å²) in [6, 6.07) is 6.81. The second kappa shape index (κ2) is 10.1.